The van der Waals surface area contributed by atoms with Gasteiger partial charge in [-0.15, -0.1) is 0 Å². The van der Waals surface area contributed by atoms with Gasteiger partial charge in [0.05, 0.1) is 12.7 Å². The summed E-state index contributed by atoms with van der Waals surface area (Å²) in [7, 11) is 2.06. The normalized spacial score (nSPS) is 13.9. The summed E-state index contributed by atoms with van der Waals surface area (Å²) in [5, 5.41) is 9.09. The third kappa shape index (κ3) is 9.96. The number of rotatable bonds is 8. The van der Waals surface area contributed by atoms with Crippen molar-refractivity contribution in [1.82, 2.24) is 4.90 Å². The van der Waals surface area contributed by atoms with E-state index in [1.165, 1.54) is 0 Å². The Morgan fingerprint density at radius 1 is 1.21 bits per heavy atom. The lowest BCUT2D eigenvalue weighted by Crippen LogP contribution is -2.26. The van der Waals surface area contributed by atoms with Crippen LogP contribution in [0.1, 0.15) is 27.2 Å². The lowest BCUT2D eigenvalue weighted by molar-refractivity contribution is 0.0866. The molecule has 3 heteroatoms. The van der Waals surface area contributed by atoms with E-state index < -0.39 is 0 Å². The van der Waals surface area contributed by atoms with Crippen molar-refractivity contribution in [2.75, 3.05) is 33.4 Å². The molecule has 0 saturated heterocycles. The lowest BCUT2D eigenvalue weighted by atomic mass is 10.2. The van der Waals surface area contributed by atoms with Crippen LogP contribution in [0.25, 0.3) is 0 Å². The average Bonchev–Trinajstić information content (AvgIpc) is 2.08. The van der Waals surface area contributed by atoms with Crippen LogP contribution in [0.3, 0.4) is 0 Å². The van der Waals surface area contributed by atoms with Crippen molar-refractivity contribution in [1.29, 1.82) is 0 Å². The van der Waals surface area contributed by atoms with Gasteiger partial charge < -0.3 is 14.7 Å². The van der Waals surface area contributed by atoms with Gasteiger partial charge in [0.15, 0.2) is 0 Å². The third-order valence-corrected chi connectivity index (χ3v) is 2.00. The summed E-state index contributed by atoms with van der Waals surface area (Å²) in [5.41, 5.74) is 0. The first-order chi connectivity index (χ1) is 6.52. The molecule has 0 rings (SSSR count). The minimum atomic E-state index is -0.200. The Labute approximate surface area is 88.1 Å². The van der Waals surface area contributed by atoms with Crippen molar-refractivity contribution in [3.8, 4) is 0 Å². The number of nitrogens with zero attached hydrogens (tertiary/aromatic N) is 1. The topological polar surface area (TPSA) is 32.7 Å². The third-order valence-electron chi connectivity index (χ3n) is 2.00. The van der Waals surface area contributed by atoms with Gasteiger partial charge >= 0.3 is 0 Å². The second-order valence-electron chi connectivity index (χ2n) is 4.41. The van der Waals surface area contributed by atoms with Crippen LogP contribution in [0, 0.1) is 5.92 Å². The smallest absolute Gasteiger partial charge is 0.0593 e. The Bertz CT molecular complexity index is 126. The molecule has 0 aromatic heterocycles. The summed E-state index contributed by atoms with van der Waals surface area (Å²) < 4.78 is 5.47. The van der Waals surface area contributed by atoms with Crippen LogP contribution >= 0.6 is 0 Å². The van der Waals surface area contributed by atoms with E-state index in [9.17, 15) is 0 Å². The maximum Gasteiger partial charge on any atom is 0.0593 e. The van der Waals surface area contributed by atoms with E-state index in [1.807, 2.05) is 6.92 Å². The summed E-state index contributed by atoms with van der Waals surface area (Å²) in [5.74, 6) is 0.609. The number of hydrogen-bond acceptors (Lipinski definition) is 3. The molecule has 1 N–H and O–H groups in total. The molecule has 0 aromatic rings. The monoisotopic (exact) mass is 203 g/mol. The summed E-state index contributed by atoms with van der Waals surface area (Å²) in [6, 6.07) is 0. The van der Waals surface area contributed by atoms with Gasteiger partial charge in [-0.3, -0.25) is 0 Å². The molecule has 14 heavy (non-hydrogen) atoms. The zero-order valence-electron chi connectivity index (χ0n) is 9.99. The van der Waals surface area contributed by atoms with E-state index in [0.29, 0.717) is 5.92 Å². The number of ether oxygens (including phenoxy) is 1. The van der Waals surface area contributed by atoms with Crippen molar-refractivity contribution in [3.63, 3.8) is 0 Å². The van der Waals surface area contributed by atoms with E-state index >= 15 is 0 Å². The van der Waals surface area contributed by atoms with Gasteiger partial charge in [0.1, 0.15) is 0 Å². The van der Waals surface area contributed by atoms with Gasteiger partial charge in [0.2, 0.25) is 0 Å². The summed E-state index contributed by atoms with van der Waals surface area (Å²) in [6.07, 6.45) is 0.634. The number of hydrogen-bond donors (Lipinski definition) is 1. The summed E-state index contributed by atoms with van der Waals surface area (Å²) in [4.78, 5) is 2.19. The second-order valence-corrected chi connectivity index (χ2v) is 4.41. The Balaban J connectivity index is 3.22. The molecule has 0 saturated carbocycles. The maximum absolute atomic E-state index is 9.09. The van der Waals surface area contributed by atoms with Gasteiger partial charge in [-0.25, -0.2) is 0 Å². The van der Waals surface area contributed by atoms with Crippen molar-refractivity contribution in [2.45, 2.75) is 33.3 Å². The van der Waals surface area contributed by atoms with Crippen LogP contribution in [-0.4, -0.2) is 49.5 Å². The molecular weight excluding hydrogens is 178 g/mol. The molecule has 3 nitrogen and oxygen atoms in total. The SMILES string of the molecule is CC(C)COCCN(C)CCC(C)O. The Hall–Kier alpha value is -0.120. The zero-order chi connectivity index (χ0) is 11.0. The highest BCUT2D eigenvalue weighted by Crippen LogP contribution is 1.95. The summed E-state index contributed by atoms with van der Waals surface area (Å²) in [6.45, 7) is 9.62. The highest BCUT2D eigenvalue weighted by atomic mass is 16.5. The molecule has 0 fully saturated rings. The maximum atomic E-state index is 9.09. The van der Waals surface area contributed by atoms with Gasteiger partial charge in [-0.1, -0.05) is 13.8 Å². The van der Waals surface area contributed by atoms with Crippen molar-refractivity contribution >= 4 is 0 Å². The van der Waals surface area contributed by atoms with Crippen molar-refractivity contribution in [3.05, 3.63) is 0 Å². The number of likely N-dealkylation sites (N-methyl/N-ethyl adjacent to an activating group) is 1. The van der Waals surface area contributed by atoms with Crippen molar-refractivity contribution in [2.24, 2.45) is 5.92 Å². The Morgan fingerprint density at radius 3 is 2.36 bits per heavy atom. The van der Waals surface area contributed by atoms with Gasteiger partial charge in [-0.05, 0) is 26.3 Å². The van der Waals surface area contributed by atoms with Crippen molar-refractivity contribution < 1.29 is 9.84 Å². The fourth-order valence-corrected chi connectivity index (χ4v) is 1.06. The molecule has 0 spiro atoms. The van der Waals surface area contributed by atoms with Gasteiger partial charge in [0, 0.05) is 19.7 Å². The van der Waals surface area contributed by atoms with Crippen LogP contribution in [0.5, 0.6) is 0 Å². The van der Waals surface area contributed by atoms with Crippen LogP contribution in [-0.2, 0) is 4.74 Å². The standard InChI is InChI=1S/C11H25NO2/c1-10(2)9-14-8-7-12(4)6-5-11(3)13/h10-11,13H,5-9H2,1-4H3. The van der Waals surface area contributed by atoms with Crippen LogP contribution < -0.4 is 0 Å². The molecule has 0 aromatic carbocycles. The molecule has 0 aliphatic heterocycles. The number of aliphatic hydroxyl groups excluding tert-OH is 1. The van der Waals surface area contributed by atoms with Gasteiger partial charge in [-0.2, -0.15) is 0 Å². The zero-order valence-corrected chi connectivity index (χ0v) is 9.99. The lowest BCUT2D eigenvalue weighted by Gasteiger charge is -2.17. The highest BCUT2D eigenvalue weighted by Gasteiger charge is 2.01. The van der Waals surface area contributed by atoms with E-state index in [-0.39, 0.29) is 6.10 Å². The molecule has 1 unspecified atom stereocenters. The molecule has 0 bridgehead atoms. The second kappa shape index (κ2) is 8.21. The first kappa shape index (κ1) is 13.9. The molecule has 0 aliphatic carbocycles. The largest absolute Gasteiger partial charge is 0.393 e. The van der Waals surface area contributed by atoms with E-state index in [0.717, 1.165) is 32.7 Å². The van der Waals surface area contributed by atoms with E-state index in [1.54, 1.807) is 0 Å². The molecule has 0 heterocycles. The predicted molar refractivity (Wildman–Crippen MR) is 59.5 cm³/mol. The molecule has 0 aliphatic rings. The number of aliphatic hydroxyl groups is 1. The fraction of sp³-hybridized carbons (Fsp3) is 1.00. The van der Waals surface area contributed by atoms with Crippen LogP contribution in [0.4, 0.5) is 0 Å². The molecular formula is C11H25NO2. The van der Waals surface area contributed by atoms with Gasteiger partial charge in [0.25, 0.3) is 0 Å². The van der Waals surface area contributed by atoms with E-state index in [4.69, 9.17) is 9.84 Å². The van der Waals surface area contributed by atoms with Crippen LogP contribution in [0.15, 0.2) is 0 Å². The van der Waals surface area contributed by atoms with E-state index in [2.05, 4.69) is 25.8 Å². The molecule has 86 valence electrons. The first-order valence-corrected chi connectivity index (χ1v) is 5.46. The quantitative estimate of drug-likeness (QED) is 0.605. The Kier molecular flexibility index (Phi) is 8.14. The first-order valence-electron chi connectivity index (χ1n) is 5.46. The summed E-state index contributed by atoms with van der Waals surface area (Å²) >= 11 is 0. The minimum absolute atomic E-state index is 0.200. The average molecular weight is 203 g/mol. The predicted octanol–water partition coefficient (Wildman–Crippen LogP) is 1.36. The minimum Gasteiger partial charge on any atom is -0.393 e. The van der Waals surface area contributed by atoms with Crippen LogP contribution in [0.2, 0.25) is 0 Å². The molecule has 0 amide bonds. The molecule has 1 atom stereocenters. The Morgan fingerprint density at radius 2 is 1.86 bits per heavy atom. The fourth-order valence-electron chi connectivity index (χ4n) is 1.06. The molecule has 0 radical (unpaired) electrons. The highest BCUT2D eigenvalue weighted by molar-refractivity contribution is 4.54.